The summed E-state index contributed by atoms with van der Waals surface area (Å²) in [6.45, 7) is 0. The Morgan fingerprint density at radius 2 is 1.89 bits per heavy atom. The standard InChI is InChI=1S/C11H11N2O2S.CH3.Y/c1-16(14,15)7-8-3-2-4-10-9(8)5-6-11(12)13-10;;/h2-6H,7H2,1H3,(H-,12,13);1H3;/q2*-1;. The van der Waals surface area contributed by atoms with Crippen LogP contribution in [0.5, 0.6) is 0 Å². The maximum Gasteiger partial charge on any atom is 0.151 e. The Balaban J connectivity index is 0.00000144. The quantitative estimate of drug-likeness (QED) is 0.790. The first-order chi connectivity index (χ1) is 7.46. The van der Waals surface area contributed by atoms with Gasteiger partial charge in [0.25, 0.3) is 0 Å². The van der Waals surface area contributed by atoms with E-state index in [1.807, 2.05) is 0 Å². The van der Waals surface area contributed by atoms with Gasteiger partial charge in [-0.1, -0.05) is 36.1 Å². The van der Waals surface area contributed by atoms with Crippen LogP contribution in [0.1, 0.15) is 5.56 Å². The summed E-state index contributed by atoms with van der Waals surface area (Å²) in [7, 11) is -3.05. The molecule has 1 radical (unpaired) electrons. The van der Waals surface area contributed by atoms with Crippen molar-refractivity contribution < 1.29 is 41.1 Å². The summed E-state index contributed by atoms with van der Waals surface area (Å²) < 4.78 is 22.5. The van der Waals surface area contributed by atoms with E-state index in [9.17, 15) is 8.42 Å². The van der Waals surface area contributed by atoms with Gasteiger partial charge in [-0.05, 0) is 16.5 Å². The molecular weight excluding hydrogens is 325 g/mol. The maximum absolute atomic E-state index is 11.3. The van der Waals surface area contributed by atoms with Crippen LogP contribution in [0.4, 0.5) is 5.82 Å². The monoisotopic (exact) mass is 339 g/mol. The molecule has 1 N–H and O–H groups in total. The molecule has 2 rings (SSSR count). The normalized spacial score (nSPS) is 10.5. The van der Waals surface area contributed by atoms with E-state index in [4.69, 9.17) is 5.73 Å². The van der Waals surface area contributed by atoms with Crippen LogP contribution < -0.4 is 0 Å². The molecule has 1 heterocycles. The van der Waals surface area contributed by atoms with E-state index in [2.05, 4.69) is 4.98 Å². The molecule has 0 bridgehead atoms. The smallest absolute Gasteiger partial charge is 0.151 e. The molecule has 0 atom stereocenters. The molecule has 0 aliphatic rings. The Morgan fingerprint density at radius 1 is 1.22 bits per heavy atom. The number of sulfone groups is 1. The zero-order valence-corrected chi connectivity index (χ0v) is 14.0. The van der Waals surface area contributed by atoms with Gasteiger partial charge in [-0.2, -0.15) is 0 Å². The second-order valence-corrected chi connectivity index (χ2v) is 5.89. The minimum atomic E-state index is -3.05. The molecule has 1 aromatic heterocycles. The van der Waals surface area contributed by atoms with Crippen LogP contribution in [0.2, 0.25) is 0 Å². The van der Waals surface area contributed by atoms with E-state index in [1.165, 1.54) is 6.26 Å². The first-order valence-corrected chi connectivity index (χ1v) is 6.80. The van der Waals surface area contributed by atoms with Crippen molar-refractivity contribution in [3.05, 3.63) is 49.1 Å². The average molecular weight is 339 g/mol. The van der Waals surface area contributed by atoms with Gasteiger partial charge in [0.05, 0.1) is 5.75 Å². The topological polar surface area (TPSA) is 70.8 Å². The average Bonchev–Trinajstić information content (AvgIpc) is 2.15. The van der Waals surface area contributed by atoms with Gasteiger partial charge in [0.1, 0.15) is 0 Å². The molecule has 0 aliphatic heterocycles. The SMILES string of the molecule is CS(=O)(=O)Cc1cccc2nc([NH-])ccc12.[CH3-].[Y]. The number of aromatic nitrogens is 1. The predicted molar refractivity (Wildman–Crippen MR) is 70.7 cm³/mol. The van der Waals surface area contributed by atoms with Crippen LogP contribution in [-0.2, 0) is 48.3 Å². The van der Waals surface area contributed by atoms with E-state index in [-0.39, 0.29) is 51.7 Å². The summed E-state index contributed by atoms with van der Waals surface area (Å²) in [5.41, 5.74) is 8.79. The summed E-state index contributed by atoms with van der Waals surface area (Å²) in [6, 6.07) is 8.61. The van der Waals surface area contributed by atoms with Crippen LogP contribution in [0, 0.1) is 7.43 Å². The summed E-state index contributed by atoms with van der Waals surface area (Å²) in [5, 5.41) is 0.795. The van der Waals surface area contributed by atoms with Crippen molar-refractivity contribution in [3.8, 4) is 0 Å². The number of rotatable bonds is 2. The maximum atomic E-state index is 11.3. The zero-order chi connectivity index (χ0) is 11.8. The van der Waals surface area contributed by atoms with Gasteiger partial charge in [-0.3, -0.25) is 0 Å². The fraction of sp³-hybridized carbons (Fsp3) is 0.167. The third kappa shape index (κ3) is 4.30. The van der Waals surface area contributed by atoms with Gasteiger partial charge in [0, 0.05) is 39.0 Å². The number of nitrogens with zero attached hydrogens (tertiary/aromatic N) is 1. The van der Waals surface area contributed by atoms with Gasteiger partial charge in [0.2, 0.25) is 0 Å². The molecule has 0 aliphatic carbocycles. The minimum absolute atomic E-state index is 0. The zero-order valence-electron chi connectivity index (χ0n) is 10.3. The Kier molecular flexibility index (Phi) is 6.40. The Hall–Kier alpha value is -0.516. The molecule has 0 unspecified atom stereocenters. The Morgan fingerprint density at radius 3 is 2.50 bits per heavy atom. The van der Waals surface area contributed by atoms with E-state index in [0.717, 1.165) is 10.9 Å². The van der Waals surface area contributed by atoms with E-state index >= 15 is 0 Å². The van der Waals surface area contributed by atoms with Gasteiger partial charge >= 0.3 is 0 Å². The molecule has 0 amide bonds. The predicted octanol–water partition coefficient (Wildman–Crippen LogP) is 2.91. The van der Waals surface area contributed by atoms with E-state index < -0.39 is 9.84 Å². The van der Waals surface area contributed by atoms with Gasteiger partial charge < -0.3 is 18.1 Å². The summed E-state index contributed by atoms with van der Waals surface area (Å²) in [6.07, 6.45) is 1.21. The third-order valence-electron chi connectivity index (χ3n) is 2.24. The number of benzene rings is 1. The van der Waals surface area contributed by atoms with Crippen molar-refractivity contribution in [1.82, 2.24) is 4.98 Å². The van der Waals surface area contributed by atoms with Crippen molar-refractivity contribution in [3.63, 3.8) is 0 Å². The fourth-order valence-electron chi connectivity index (χ4n) is 1.63. The molecule has 0 spiro atoms. The van der Waals surface area contributed by atoms with Crippen LogP contribution in [0.25, 0.3) is 16.6 Å². The number of hydrogen-bond acceptors (Lipinski definition) is 3. The minimum Gasteiger partial charge on any atom is -0.482 e. The van der Waals surface area contributed by atoms with E-state index in [1.54, 1.807) is 30.3 Å². The summed E-state index contributed by atoms with van der Waals surface area (Å²) >= 11 is 0. The molecule has 0 fully saturated rings. The molecule has 18 heavy (non-hydrogen) atoms. The van der Waals surface area contributed by atoms with Gasteiger partial charge in [0.15, 0.2) is 9.84 Å². The van der Waals surface area contributed by atoms with Crippen molar-refractivity contribution >= 4 is 26.6 Å². The van der Waals surface area contributed by atoms with Crippen LogP contribution >= 0.6 is 0 Å². The number of nitrogens with one attached hydrogen (secondary N) is 1. The molecule has 95 valence electrons. The molecule has 2 aromatic rings. The molecule has 0 saturated carbocycles. The van der Waals surface area contributed by atoms with Crippen LogP contribution in [0.15, 0.2) is 30.3 Å². The van der Waals surface area contributed by atoms with Crippen molar-refractivity contribution in [1.29, 1.82) is 0 Å². The van der Waals surface area contributed by atoms with Crippen molar-refractivity contribution in [2.45, 2.75) is 5.75 Å². The molecular formula is C12H14N2O2SY-2. The first kappa shape index (κ1) is 17.5. The Labute approximate surface area is 133 Å². The molecule has 6 heteroatoms. The second kappa shape index (κ2) is 6.59. The first-order valence-electron chi connectivity index (χ1n) is 4.74. The molecule has 0 saturated heterocycles. The largest absolute Gasteiger partial charge is 0.482 e. The fourth-order valence-corrected chi connectivity index (χ4v) is 2.44. The molecule has 1 aromatic carbocycles. The second-order valence-electron chi connectivity index (χ2n) is 3.75. The van der Waals surface area contributed by atoms with Gasteiger partial charge in [-0.25, -0.2) is 8.42 Å². The number of pyridine rings is 1. The van der Waals surface area contributed by atoms with Gasteiger partial charge in [-0.15, -0.1) is 0 Å². The van der Waals surface area contributed by atoms with Crippen LogP contribution in [0.3, 0.4) is 0 Å². The summed E-state index contributed by atoms with van der Waals surface area (Å²) in [5.74, 6) is 0.188. The number of hydrogen-bond donors (Lipinski definition) is 0. The van der Waals surface area contributed by atoms with Crippen molar-refractivity contribution in [2.24, 2.45) is 0 Å². The third-order valence-corrected chi connectivity index (χ3v) is 3.08. The summed E-state index contributed by atoms with van der Waals surface area (Å²) in [4.78, 5) is 4.04. The van der Waals surface area contributed by atoms with Crippen LogP contribution in [-0.4, -0.2) is 19.7 Å². The van der Waals surface area contributed by atoms with E-state index in [0.29, 0.717) is 5.52 Å². The van der Waals surface area contributed by atoms with Crippen molar-refractivity contribution in [2.75, 3.05) is 6.26 Å². The number of fused-ring (bicyclic) bond motifs is 1. The molecule has 4 nitrogen and oxygen atoms in total. The Bertz CT molecular complexity index is 642.